The predicted octanol–water partition coefficient (Wildman–Crippen LogP) is 2.15. The van der Waals surface area contributed by atoms with Gasteiger partial charge in [0.1, 0.15) is 5.82 Å². The molecule has 1 aliphatic heterocycles. The molecular weight excluding hydrogens is 198 g/mol. The van der Waals surface area contributed by atoms with Crippen LogP contribution in [0, 0.1) is 0 Å². The molecule has 0 saturated carbocycles. The van der Waals surface area contributed by atoms with E-state index in [1.165, 1.54) is 24.9 Å². The molecule has 1 fully saturated rings. The van der Waals surface area contributed by atoms with Crippen molar-refractivity contribution in [1.29, 1.82) is 0 Å². The van der Waals surface area contributed by atoms with Crippen molar-refractivity contribution >= 4 is 5.82 Å². The first-order valence-corrected chi connectivity index (χ1v) is 6.18. The number of aryl methyl sites for hydroxylation is 1. The Bertz CT molecular complexity index is 320. The molecule has 1 aromatic heterocycles. The van der Waals surface area contributed by atoms with Gasteiger partial charge in [0.05, 0.1) is 0 Å². The zero-order valence-electron chi connectivity index (χ0n) is 10.2. The van der Waals surface area contributed by atoms with Crippen molar-refractivity contribution in [3.63, 3.8) is 0 Å². The van der Waals surface area contributed by atoms with Crippen LogP contribution in [0.4, 0.5) is 5.82 Å². The molecule has 1 aliphatic rings. The van der Waals surface area contributed by atoms with Gasteiger partial charge in [-0.2, -0.15) is 0 Å². The van der Waals surface area contributed by atoms with Gasteiger partial charge >= 0.3 is 0 Å². The van der Waals surface area contributed by atoms with Crippen LogP contribution in [-0.4, -0.2) is 36.1 Å². The number of anilines is 1. The van der Waals surface area contributed by atoms with Crippen molar-refractivity contribution in [3.05, 3.63) is 23.9 Å². The molecule has 88 valence electrons. The number of rotatable bonds is 4. The summed E-state index contributed by atoms with van der Waals surface area (Å²) in [4.78, 5) is 6.83. The second-order valence-corrected chi connectivity index (χ2v) is 4.56. The van der Waals surface area contributed by atoms with Crippen LogP contribution in [0.2, 0.25) is 0 Å². The Labute approximate surface area is 97.9 Å². The fourth-order valence-electron chi connectivity index (χ4n) is 2.20. The third kappa shape index (κ3) is 2.73. The van der Waals surface area contributed by atoms with Crippen LogP contribution >= 0.6 is 0 Å². The summed E-state index contributed by atoms with van der Waals surface area (Å²) in [5, 5.41) is 3.42. The van der Waals surface area contributed by atoms with Crippen LogP contribution in [0.15, 0.2) is 18.3 Å². The standard InChI is InChI=1S/C13H21N3/c1-3-11-6-7-13(14-9-11)15-10-12-5-4-8-16(12)2/h6-7,9,12H,3-5,8,10H2,1-2H3,(H,14,15). The van der Waals surface area contributed by atoms with Gasteiger partial charge in [-0.1, -0.05) is 13.0 Å². The topological polar surface area (TPSA) is 28.2 Å². The number of likely N-dealkylation sites (tertiary alicyclic amines) is 1. The number of hydrogen-bond donors (Lipinski definition) is 1. The lowest BCUT2D eigenvalue weighted by molar-refractivity contribution is 0.322. The zero-order valence-corrected chi connectivity index (χ0v) is 10.2. The molecule has 2 rings (SSSR count). The van der Waals surface area contributed by atoms with Crippen molar-refractivity contribution in [1.82, 2.24) is 9.88 Å². The SMILES string of the molecule is CCc1ccc(NCC2CCCN2C)nc1. The van der Waals surface area contributed by atoms with Crippen molar-refractivity contribution in [2.75, 3.05) is 25.5 Å². The molecule has 0 aromatic carbocycles. The lowest BCUT2D eigenvalue weighted by Crippen LogP contribution is -2.31. The molecule has 2 heterocycles. The largest absolute Gasteiger partial charge is 0.369 e. The fourth-order valence-corrected chi connectivity index (χ4v) is 2.20. The molecule has 0 aliphatic carbocycles. The summed E-state index contributed by atoms with van der Waals surface area (Å²) in [6.45, 7) is 4.39. The predicted molar refractivity (Wildman–Crippen MR) is 67.8 cm³/mol. The average Bonchev–Trinajstić information content (AvgIpc) is 2.73. The van der Waals surface area contributed by atoms with Gasteiger partial charge in [0.15, 0.2) is 0 Å². The molecular formula is C13H21N3. The van der Waals surface area contributed by atoms with Crippen LogP contribution in [0.3, 0.4) is 0 Å². The van der Waals surface area contributed by atoms with E-state index in [4.69, 9.17) is 0 Å². The molecule has 1 N–H and O–H groups in total. The molecule has 0 bridgehead atoms. The van der Waals surface area contributed by atoms with Crippen molar-refractivity contribution in [3.8, 4) is 0 Å². The van der Waals surface area contributed by atoms with Crippen LogP contribution in [0.25, 0.3) is 0 Å². The van der Waals surface area contributed by atoms with Crippen molar-refractivity contribution in [2.24, 2.45) is 0 Å². The molecule has 1 unspecified atom stereocenters. The van der Waals surface area contributed by atoms with Crippen LogP contribution in [0.1, 0.15) is 25.3 Å². The Morgan fingerprint density at radius 2 is 2.38 bits per heavy atom. The average molecular weight is 219 g/mol. The van der Waals surface area contributed by atoms with Gasteiger partial charge in [0.2, 0.25) is 0 Å². The van der Waals surface area contributed by atoms with E-state index < -0.39 is 0 Å². The van der Waals surface area contributed by atoms with Gasteiger partial charge in [-0.05, 0) is 44.5 Å². The fraction of sp³-hybridized carbons (Fsp3) is 0.615. The Morgan fingerprint density at radius 1 is 1.50 bits per heavy atom. The normalized spacial score (nSPS) is 21.2. The first kappa shape index (κ1) is 11.4. The summed E-state index contributed by atoms with van der Waals surface area (Å²) >= 11 is 0. The number of aromatic nitrogens is 1. The molecule has 0 spiro atoms. The van der Waals surface area contributed by atoms with Crippen molar-refractivity contribution < 1.29 is 0 Å². The molecule has 16 heavy (non-hydrogen) atoms. The summed E-state index contributed by atoms with van der Waals surface area (Å²) in [5.74, 6) is 0.998. The monoisotopic (exact) mass is 219 g/mol. The highest BCUT2D eigenvalue weighted by Gasteiger charge is 2.20. The number of pyridine rings is 1. The van der Waals surface area contributed by atoms with Gasteiger partial charge < -0.3 is 10.2 Å². The lowest BCUT2D eigenvalue weighted by Gasteiger charge is -2.19. The minimum Gasteiger partial charge on any atom is -0.369 e. The van der Waals surface area contributed by atoms with E-state index in [1.807, 2.05) is 6.20 Å². The van der Waals surface area contributed by atoms with Gasteiger partial charge in [-0.3, -0.25) is 0 Å². The van der Waals surface area contributed by atoms with E-state index in [0.717, 1.165) is 18.8 Å². The van der Waals surface area contributed by atoms with E-state index in [2.05, 4.69) is 41.3 Å². The summed E-state index contributed by atoms with van der Waals surface area (Å²) in [7, 11) is 2.20. The number of hydrogen-bond acceptors (Lipinski definition) is 3. The third-order valence-electron chi connectivity index (χ3n) is 3.42. The minimum absolute atomic E-state index is 0.674. The van der Waals surface area contributed by atoms with Gasteiger partial charge in [-0.25, -0.2) is 4.98 Å². The summed E-state index contributed by atoms with van der Waals surface area (Å²) in [6, 6.07) is 4.90. The second-order valence-electron chi connectivity index (χ2n) is 4.56. The second kappa shape index (κ2) is 5.30. The molecule has 3 heteroatoms. The number of likely N-dealkylation sites (N-methyl/N-ethyl adjacent to an activating group) is 1. The molecule has 3 nitrogen and oxygen atoms in total. The maximum absolute atomic E-state index is 4.41. The maximum Gasteiger partial charge on any atom is 0.125 e. The van der Waals surface area contributed by atoms with E-state index in [9.17, 15) is 0 Å². The van der Waals surface area contributed by atoms with Crippen molar-refractivity contribution in [2.45, 2.75) is 32.2 Å². The number of nitrogens with one attached hydrogen (secondary N) is 1. The van der Waals surface area contributed by atoms with Gasteiger partial charge in [-0.15, -0.1) is 0 Å². The quantitative estimate of drug-likeness (QED) is 0.841. The third-order valence-corrected chi connectivity index (χ3v) is 3.42. The maximum atomic E-state index is 4.41. The highest BCUT2D eigenvalue weighted by atomic mass is 15.2. The first-order valence-electron chi connectivity index (χ1n) is 6.18. The summed E-state index contributed by atoms with van der Waals surface area (Å²) < 4.78 is 0. The molecule has 1 atom stereocenters. The van der Waals surface area contributed by atoms with Crippen LogP contribution < -0.4 is 5.32 Å². The highest BCUT2D eigenvalue weighted by Crippen LogP contribution is 2.15. The molecule has 1 saturated heterocycles. The smallest absolute Gasteiger partial charge is 0.125 e. The van der Waals surface area contributed by atoms with Gasteiger partial charge in [0, 0.05) is 18.8 Å². The first-order chi connectivity index (χ1) is 7.79. The lowest BCUT2D eigenvalue weighted by atomic mass is 10.2. The summed E-state index contributed by atoms with van der Waals surface area (Å²) in [6.07, 6.45) is 5.64. The Morgan fingerprint density at radius 3 is 2.94 bits per heavy atom. The molecule has 1 aromatic rings. The Hall–Kier alpha value is -1.09. The van der Waals surface area contributed by atoms with E-state index in [1.54, 1.807) is 0 Å². The van der Waals surface area contributed by atoms with E-state index >= 15 is 0 Å². The van der Waals surface area contributed by atoms with Crippen LogP contribution in [0.5, 0.6) is 0 Å². The summed E-state index contributed by atoms with van der Waals surface area (Å²) in [5.41, 5.74) is 1.29. The number of nitrogens with zero attached hydrogens (tertiary/aromatic N) is 2. The van der Waals surface area contributed by atoms with E-state index in [-0.39, 0.29) is 0 Å². The molecule has 0 radical (unpaired) electrons. The highest BCUT2D eigenvalue weighted by molar-refractivity contribution is 5.35. The molecule has 0 amide bonds. The zero-order chi connectivity index (χ0) is 11.4. The minimum atomic E-state index is 0.674. The van der Waals surface area contributed by atoms with E-state index in [0.29, 0.717) is 6.04 Å². The van der Waals surface area contributed by atoms with Gasteiger partial charge in [0.25, 0.3) is 0 Å². The Kier molecular flexibility index (Phi) is 3.78. The Balaban J connectivity index is 1.84. The van der Waals surface area contributed by atoms with Crippen LogP contribution in [-0.2, 0) is 6.42 Å².